The van der Waals surface area contributed by atoms with E-state index in [2.05, 4.69) is 20.9 Å². The van der Waals surface area contributed by atoms with Crippen molar-refractivity contribution < 1.29 is 14.4 Å². The van der Waals surface area contributed by atoms with Crippen LogP contribution in [0.3, 0.4) is 0 Å². The summed E-state index contributed by atoms with van der Waals surface area (Å²) in [4.78, 5) is 14.8. The Labute approximate surface area is 148 Å². The molecule has 0 aliphatic carbocycles. The summed E-state index contributed by atoms with van der Waals surface area (Å²) in [6.07, 6.45) is 3.79. The molecule has 6 nitrogen and oxygen atoms in total. The quantitative estimate of drug-likeness (QED) is 0.459. The molecule has 0 saturated heterocycles. The molecular formula is C16H9BrN2O4S. The first-order valence-corrected chi connectivity index (χ1v) is 8.53. The summed E-state index contributed by atoms with van der Waals surface area (Å²) in [6, 6.07) is 8.45. The van der Waals surface area contributed by atoms with Crippen molar-refractivity contribution in [2.24, 2.45) is 0 Å². The highest BCUT2D eigenvalue weighted by Crippen LogP contribution is 2.37. The Morgan fingerprint density at radius 2 is 2.00 bits per heavy atom. The number of benzene rings is 2. The van der Waals surface area contributed by atoms with E-state index in [-0.39, 0.29) is 12.5 Å². The van der Waals surface area contributed by atoms with Crippen LogP contribution in [0.5, 0.6) is 11.5 Å². The van der Waals surface area contributed by atoms with Gasteiger partial charge >= 0.3 is 0 Å². The van der Waals surface area contributed by atoms with E-state index in [4.69, 9.17) is 9.47 Å². The topological polar surface area (TPSA) is 74.5 Å². The summed E-state index contributed by atoms with van der Waals surface area (Å²) < 4.78 is 12.5. The lowest BCUT2D eigenvalue weighted by Gasteiger charge is -2.01. The number of thiazole rings is 1. The third kappa shape index (κ3) is 2.74. The molecular weight excluding hydrogens is 396 g/mol. The molecule has 4 rings (SSSR count). The van der Waals surface area contributed by atoms with Crippen LogP contribution in [0.25, 0.3) is 22.4 Å². The van der Waals surface area contributed by atoms with Crippen LogP contribution in [0.4, 0.5) is 5.69 Å². The van der Waals surface area contributed by atoms with Crippen molar-refractivity contribution in [1.82, 2.24) is 4.98 Å². The number of fused-ring (bicyclic) bond motifs is 2. The Kier molecular flexibility index (Phi) is 3.70. The third-order valence-corrected chi connectivity index (χ3v) is 5.18. The molecule has 0 saturated carbocycles. The first-order valence-electron chi connectivity index (χ1n) is 6.92. The van der Waals surface area contributed by atoms with E-state index in [1.54, 1.807) is 6.07 Å². The van der Waals surface area contributed by atoms with E-state index < -0.39 is 4.92 Å². The van der Waals surface area contributed by atoms with Crippen molar-refractivity contribution >= 4 is 55.3 Å². The Hall–Kier alpha value is -2.45. The van der Waals surface area contributed by atoms with Crippen molar-refractivity contribution in [2.75, 3.05) is 6.79 Å². The van der Waals surface area contributed by atoms with Gasteiger partial charge in [-0.05, 0) is 29.8 Å². The average Bonchev–Trinajstić information content (AvgIpc) is 3.17. The van der Waals surface area contributed by atoms with Crippen molar-refractivity contribution in [3.63, 3.8) is 0 Å². The minimum absolute atomic E-state index is 0.0434. The number of hydrogen-bond acceptors (Lipinski definition) is 6. The molecule has 8 heteroatoms. The number of ether oxygens (including phenoxy) is 2. The minimum Gasteiger partial charge on any atom is -0.454 e. The molecule has 120 valence electrons. The highest BCUT2D eigenvalue weighted by Gasteiger charge is 2.15. The van der Waals surface area contributed by atoms with E-state index in [9.17, 15) is 10.1 Å². The molecule has 24 heavy (non-hydrogen) atoms. The molecule has 0 atom stereocenters. The van der Waals surface area contributed by atoms with E-state index in [1.165, 1.54) is 23.5 Å². The summed E-state index contributed by atoms with van der Waals surface area (Å²) in [7, 11) is 0. The predicted octanol–water partition coefficient (Wildman–Crippen LogP) is 4.87. The van der Waals surface area contributed by atoms with Crippen LogP contribution in [-0.4, -0.2) is 16.7 Å². The van der Waals surface area contributed by atoms with E-state index in [0.29, 0.717) is 17.0 Å². The second-order valence-electron chi connectivity index (χ2n) is 5.02. The fourth-order valence-corrected chi connectivity index (χ4v) is 3.65. The summed E-state index contributed by atoms with van der Waals surface area (Å²) >= 11 is 4.98. The molecule has 0 spiro atoms. The van der Waals surface area contributed by atoms with E-state index >= 15 is 0 Å². The highest BCUT2D eigenvalue weighted by molar-refractivity contribution is 9.10. The zero-order valence-electron chi connectivity index (χ0n) is 12.1. The fraction of sp³-hybridized carbons (Fsp3) is 0.0625. The van der Waals surface area contributed by atoms with Gasteiger partial charge in [-0.2, -0.15) is 0 Å². The number of hydrogen-bond donors (Lipinski definition) is 0. The Morgan fingerprint density at radius 1 is 1.21 bits per heavy atom. The van der Waals surface area contributed by atoms with Gasteiger partial charge in [0.2, 0.25) is 6.79 Å². The van der Waals surface area contributed by atoms with Crippen molar-refractivity contribution in [1.29, 1.82) is 0 Å². The van der Waals surface area contributed by atoms with Gasteiger partial charge in [0.25, 0.3) is 5.69 Å². The maximum absolute atomic E-state index is 10.8. The number of rotatable bonds is 3. The largest absolute Gasteiger partial charge is 0.454 e. The van der Waals surface area contributed by atoms with Crippen LogP contribution in [0.1, 0.15) is 10.6 Å². The van der Waals surface area contributed by atoms with Gasteiger partial charge in [-0.3, -0.25) is 10.1 Å². The minimum atomic E-state index is -0.419. The summed E-state index contributed by atoms with van der Waals surface area (Å²) in [5.41, 5.74) is 1.60. The SMILES string of the molecule is O=[N+]([O-])c1ccc2sc(/C=C/c3cc4c(cc3Br)OCO4)nc2c1. The van der Waals surface area contributed by atoms with Gasteiger partial charge in [0.1, 0.15) is 5.01 Å². The molecule has 0 unspecified atom stereocenters. The maximum atomic E-state index is 10.8. The Balaban J connectivity index is 1.66. The van der Waals surface area contributed by atoms with Crippen LogP contribution in [-0.2, 0) is 0 Å². The van der Waals surface area contributed by atoms with Gasteiger partial charge in [0.15, 0.2) is 11.5 Å². The van der Waals surface area contributed by atoms with Crippen LogP contribution < -0.4 is 9.47 Å². The molecule has 1 aliphatic rings. The predicted molar refractivity (Wildman–Crippen MR) is 95.5 cm³/mol. The molecule has 1 aliphatic heterocycles. The zero-order valence-corrected chi connectivity index (χ0v) is 14.5. The Bertz CT molecular complexity index is 999. The maximum Gasteiger partial charge on any atom is 0.271 e. The molecule has 0 bridgehead atoms. The van der Waals surface area contributed by atoms with Crippen LogP contribution in [0, 0.1) is 10.1 Å². The monoisotopic (exact) mass is 404 g/mol. The molecule has 2 heterocycles. The number of nitro benzene ring substituents is 1. The lowest BCUT2D eigenvalue weighted by molar-refractivity contribution is -0.384. The third-order valence-electron chi connectivity index (χ3n) is 3.50. The molecule has 0 radical (unpaired) electrons. The number of nitro groups is 1. The number of non-ortho nitro benzene ring substituents is 1. The molecule has 2 aromatic carbocycles. The number of aromatic nitrogens is 1. The highest BCUT2D eigenvalue weighted by atomic mass is 79.9. The lowest BCUT2D eigenvalue weighted by atomic mass is 10.2. The smallest absolute Gasteiger partial charge is 0.271 e. The second kappa shape index (κ2) is 5.88. The molecule has 3 aromatic rings. The normalized spacial score (nSPS) is 13.0. The van der Waals surface area contributed by atoms with Crippen molar-refractivity contribution in [2.45, 2.75) is 0 Å². The molecule has 0 N–H and O–H groups in total. The Morgan fingerprint density at radius 3 is 2.79 bits per heavy atom. The number of halogens is 1. The summed E-state index contributed by atoms with van der Waals surface area (Å²) in [5, 5.41) is 11.6. The van der Waals surface area contributed by atoms with Gasteiger partial charge < -0.3 is 9.47 Å². The van der Waals surface area contributed by atoms with Gasteiger partial charge in [-0.25, -0.2) is 4.98 Å². The van der Waals surface area contributed by atoms with Gasteiger partial charge in [0.05, 0.1) is 15.1 Å². The molecule has 1 aromatic heterocycles. The van der Waals surface area contributed by atoms with Crippen molar-refractivity contribution in [3.8, 4) is 11.5 Å². The first-order chi connectivity index (χ1) is 11.6. The van der Waals surface area contributed by atoms with E-state index in [0.717, 1.165) is 19.7 Å². The average molecular weight is 405 g/mol. The lowest BCUT2D eigenvalue weighted by Crippen LogP contribution is -1.92. The van der Waals surface area contributed by atoms with Gasteiger partial charge in [-0.15, -0.1) is 11.3 Å². The second-order valence-corrected chi connectivity index (χ2v) is 6.94. The number of nitrogens with zero attached hydrogens (tertiary/aromatic N) is 2. The standard InChI is InChI=1S/C16H9BrN2O4S/c17-11-7-14-13(22-8-23-14)5-9(11)1-4-16-18-12-6-10(19(20)21)2-3-15(12)24-16/h1-7H,8H2/b4-1+. The van der Waals surface area contributed by atoms with Gasteiger partial charge in [-0.1, -0.05) is 22.0 Å². The molecule has 0 amide bonds. The van der Waals surface area contributed by atoms with Crippen LogP contribution in [0.2, 0.25) is 0 Å². The van der Waals surface area contributed by atoms with E-state index in [1.807, 2.05) is 24.3 Å². The summed E-state index contributed by atoms with van der Waals surface area (Å²) in [5.74, 6) is 1.42. The molecule has 0 fully saturated rings. The summed E-state index contributed by atoms with van der Waals surface area (Å²) in [6.45, 7) is 0.228. The van der Waals surface area contributed by atoms with Crippen LogP contribution >= 0.6 is 27.3 Å². The van der Waals surface area contributed by atoms with Gasteiger partial charge in [0, 0.05) is 16.6 Å². The van der Waals surface area contributed by atoms with Crippen molar-refractivity contribution in [3.05, 3.63) is 55.5 Å². The first kappa shape index (κ1) is 15.1. The zero-order chi connectivity index (χ0) is 16.7. The van der Waals surface area contributed by atoms with Crippen LogP contribution in [0.15, 0.2) is 34.8 Å². The fourth-order valence-electron chi connectivity index (χ4n) is 2.34.